The van der Waals surface area contributed by atoms with Crippen molar-refractivity contribution in [2.24, 2.45) is 0 Å². The largest absolute Gasteiger partial charge is 0.463 e. The van der Waals surface area contributed by atoms with Crippen molar-refractivity contribution in [2.75, 3.05) is 24.7 Å². The fourth-order valence-electron chi connectivity index (χ4n) is 6.05. The van der Waals surface area contributed by atoms with Gasteiger partial charge in [-0.3, -0.25) is 47.7 Å². The van der Waals surface area contributed by atoms with Gasteiger partial charge in [-0.2, -0.15) is 15.0 Å². The van der Waals surface area contributed by atoms with Crippen LogP contribution in [0.3, 0.4) is 0 Å². The van der Waals surface area contributed by atoms with Crippen molar-refractivity contribution in [2.45, 2.75) is 90.6 Å². The zero-order valence-electron chi connectivity index (χ0n) is 31.5. The van der Waals surface area contributed by atoms with Gasteiger partial charge in [-0.25, -0.2) is 9.97 Å². The van der Waals surface area contributed by atoms with E-state index in [1.54, 1.807) is 0 Å². The molecule has 0 saturated carbocycles. The summed E-state index contributed by atoms with van der Waals surface area (Å²) >= 11 is 6.05. The lowest BCUT2D eigenvalue weighted by Crippen LogP contribution is -2.40. The van der Waals surface area contributed by atoms with Crippen molar-refractivity contribution >= 4 is 81.6 Å². The Balaban J connectivity index is 0.000000221. The summed E-state index contributed by atoms with van der Waals surface area (Å²) in [4.78, 5) is 103. The van der Waals surface area contributed by atoms with Crippen molar-refractivity contribution in [1.82, 2.24) is 39.0 Å². The number of nitrogens with two attached hydrogens (primary N) is 2. The minimum Gasteiger partial charge on any atom is -0.463 e. The first-order valence-corrected chi connectivity index (χ1v) is 17.4. The maximum Gasteiger partial charge on any atom is 0.303 e. The summed E-state index contributed by atoms with van der Waals surface area (Å²) in [5.74, 6) is -3.96. The SMILES string of the molecule is CC(=O)OC[C@H]1O[C@@H](n2cnc3c(=O)[nH]c(N)nc32)[C@H](OC(C)=O)[C@@H]1OC(C)=O.CC(=O)OC[C@H]1O[C@@H](n2cnc3c(Cl)nc(N)nc32)[C@H](OC(C)=O)[C@@H]1OC(C)=O. The topological polar surface area (TPSA) is 335 Å². The number of ether oxygens (including phenoxy) is 8. The molecule has 2 aliphatic heterocycles. The van der Waals surface area contributed by atoms with E-state index in [1.165, 1.54) is 63.3 Å². The molecule has 0 aliphatic carbocycles. The van der Waals surface area contributed by atoms with E-state index in [-0.39, 0.29) is 52.6 Å². The molecule has 0 bridgehead atoms. The van der Waals surface area contributed by atoms with Crippen LogP contribution in [0.2, 0.25) is 5.15 Å². The van der Waals surface area contributed by atoms with Gasteiger partial charge in [-0.05, 0) is 0 Å². The molecule has 6 rings (SSSR count). The van der Waals surface area contributed by atoms with Crippen LogP contribution in [0.25, 0.3) is 22.3 Å². The third-order valence-corrected chi connectivity index (χ3v) is 8.34. The molecule has 4 aromatic rings. The summed E-state index contributed by atoms with van der Waals surface area (Å²) in [6.45, 7) is 6.69. The second kappa shape index (κ2) is 17.8. The second-order valence-electron chi connectivity index (χ2n) is 12.5. The summed E-state index contributed by atoms with van der Waals surface area (Å²) in [5.41, 5.74) is 11.2. The van der Waals surface area contributed by atoms with Gasteiger partial charge >= 0.3 is 35.8 Å². The summed E-state index contributed by atoms with van der Waals surface area (Å²) in [6, 6.07) is 0. The van der Waals surface area contributed by atoms with Gasteiger partial charge in [0.15, 0.2) is 58.8 Å². The number of carbonyl (C=O) groups is 6. The molecule has 25 nitrogen and oxygen atoms in total. The van der Waals surface area contributed by atoms with Gasteiger partial charge in [0.2, 0.25) is 11.9 Å². The number of nitrogen functional groups attached to an aromatic ring is 2. The van der Waals surface area contributed by atoms with Crippen LogP contribution in [0.1, 0.15) is 54.0 Å². The monoisotopic (exact) mass is 836 g/mol. The maximum absolute atomic E-state index is 12.0. The first-order valence-electron chi connectivity index (χ1n) is 17.0. The van der Waals surface area contributed by atoms with E-state index in [0.29, 0.717) is 0 Å². The highest BCUT2D eigenvalue weighted by atomic mass is 35.5. The predicted octanol–water partition coefficient (Wildman–Crippen LogP) is -0.588. The summed E-state index contributed by atoms with van der Waals surface area (Å²) in [5, 5.41) is 0.0290. The quantitative estimate of drug-likeness (QED) is 0.102. The van der Waals surface area contributed by atoms with E-state index in [2.05, 4.69) is 29.9 Å². The van der Waals surface area contributed by atoms with Gasteiger partial charge in [0.05, 0.1) is 12.7 Å². The molecule has 2 saturated heterocycles. The number of rotatable bonds is 10. The molecule has 0 unspecified atom stereocenters. The van der Waals surface area contributed by atoms with E-state index < -0.39 is 90.5 Å². The predicted molar refractivity (Wildman–Crippen MR) is 191 cm³/mol. The van der Waals surface area contributed by atoms with Crippen LogP contribution >= 0.6 is 11.6 Å². The molecule has 312 valence electrons. The van der Waals surface area contributed by atoms with Gasteiger partial charge in [0, 0.05) is 41.5 Å². The molecule has 6 heterocycles. The van der Waals surface area contributed by atoms with Crippen LogP contribution in [0, 0.1) is 0 Å². The fourth-order valence-corrected chi connectivity index (χ4v) is 6.27. The molecule has 26 heteroatoms. The first-order chi connectivity index (χ1) is 27.3. The first kappa shape index (κ1) is 42.7. The van der Waals surface area contributed by atoms with E-state index in [4.69, 9.17) is 61.0 Å². The van der Waals surface area contributed by atoms with Crippen molar-refractivity contribution in [3.63, 3.8) is 0 Å². The summed E-state index contributed by atoms with van der Waals surface area (Å²) in [7, 11) is 0. The average molecular weight is 837 g/mol. The molecule has 4 aromatic heterocycles. The lowest BCUT2D eigenvalue weighted by Gasteiger charge is -2.23. The van der Waals surface area contributed by atoms with Crippen LogP contribution in [-0.2, 0) is 66.7 Å². The molecule has 2 aliphatic rings. The van der Waals surface area contributed by atoms with Crippen LogP contribution in [-0.4, -0.2) is 125 Å². The maximum atomic E-state index is 12.0. The van der Waals surface area contributed by atoms with Crippen molar-refractivity contribution < 1.29 is 66.7 Å². The highest BCUT2D eigenvalue weighted by Crippen LogP contribution is 2.37. The van der Waals surface area contributed by atoms with Crippen LogP contribution in [0.15, 0.2) is 17.4 Å². The number of carbonyl (C=O) groups excluding carboxylic acids is 6. The number of aromatic nitrogens is 8. The van der Waals surface area contributed by atoms with Crippen molar-refractivity contribution in [3.8, 4) is 0 Å². The number of fused-ring (bicyclic) bond motifs is 2. The Morgan fingerprint density at radius 1 is 0.655 bits per heavy atom. The number of aromatic amines is 1. The summed E-state index contributed by atoms with van der Waals surface area (Å²) in [6.07, 6.45) is -5.69. The number of halogens is 1. The second-order valence-corrected chi connectivity index (χ2v) is 12.9. The van der Waals surface area contributed by atoms with Gasteiger partial charge < -0.3 is 49.4 Å². The number of hydrogen-bond donors (Lipinski definition) is 3. The Bertz CT molecular complexity index is 2300. The average Bonchev–Trinajstić information content (AvgIpc) is 3.87. The number of anilines is 2. The molecule has 0 aromatic carbocycles. The third-order valence-electron chi connectivity index (χ3n) is 8.08. The fraction of sp³-hybridized carbons (Fsp3) is 0.500. The number of imidazole rings is 2. The highest BCUT2D eigenvalue weighted by molar-refractivity contribution is 6.33. The number of nitrogens with zero attached hydrogens (tertiary/aromatic N) is 7. The van der Waals surface area contributed by atoms with Gasteiger partial charge in [-0.15, -0.1) is 0 Å². The normalized spacial score (nSPS) is 23.7. The number of hydrogen-bond acceptors (Lipinski definition) is 22. The molecular formula is C32H37ClN10O15. The Morgan fingerprint density at radius 3 is 1.50 bits per heavy atom. The molecule has 2 fully saturated rings. The third kappa shape index (κ3) is 9.72. The van der Waals surface area contributed by atoms with Crippen LogP contribution < -0.4 is 17.0 Å². The Hall–Kier alpha value is -6.47. The van der Waals surface area contributed by atoms with E-state index in [0.717, 1.165) is 0 Å². The molecule has 8 atom stereocenters. The van der Waals surface area contributed by atoms with Crippen LogP contribution in [0.4, 0.5) is 11.9 Å². The number of nitrogens with one attached hydrogen (secondary N) is 1. The van der Waals surface area contributed by atoms with E-state index in [9.17, 15) is 33.6 Å². The molecule has 0 radical (unpaired) electrons. The van der Waals surface area contributed by atoms with E-state index >= 15 is 0 Å². The Labute approximate surface area is 330 Å². The Morgan fingerprint density at radius 2 is 1.07 bits per heavy atom. The molecule has 0 spiro atoms. The lowest BCUT2D eigenvalue weighted by molar-refractivity contribution is -0.166. The summed E-state index contributed by atoms with van der Waals surface area (Å²) < 4.78 is 45.8. The van der Waals surface area contributed by atoms with Crippen LogP contribution in [0.5, 0.6) is 0 Å². The number of esters is 6. The Kier molecular flexibility index (Phi) is 13.1. The van der Waals surface area contributed by atoms with Crippen molar-refractivity contribution in [3.05, 3.63) is 28.2 Å². The van der Waals surface area contributed by atoms with Crippen molar-refractivity contribution in [1.29, 1.82) is 0 Å². The minimum atomic E-state index is -1.13. The zero-order valence-corrected chi connectivity index (χ0v) is 32.2. The van der Waals surface area contributed by atoms with Gasteiger partial charge in [0.1, 0.15) is 30.9 Å². The van der Waals surface area contributed by atoms with Gasteiger partial charge in [-0.1, -0.05) is 11.6 Å². The molecule has 58 heavy (non-hydrogen) atoms. The van der Waals surface area contributed by atoms with E-state index in [1.807, 2.05) is 0 Å². The molecule has 5 N–H and O–H groups in total. The standard InChI is InChI=1S/C16H18ClN5O7.C16H19N5O8/c1-6(23)26-4-9-11(27-7(2)24)12(28-8(3)25)15(29-9)22-5-19-10-13(17)20-16(18)21-14(10)22;1-6(22)26-4-9-11(27-7(2)23)12(28-8(3)24)15(29-9)21-5-18-10-13(21)19-16(17)20-14(10)25/h5,9,11-12,15H,4H2,1-3H3,(H2,18,20,21);5,9,11-12,15H,4H2,1-3H3,(H3,17,19,20,25)/t2*9-,11-,12-,15-/m11/s1. The molecule has 0 amide bonds. The number of H-pyrrole nitrogens is 1. The smallest absolute Gasteiger partial charge is 0.303 e. The molecular weight excluding hydrogens is 800 g/mol. The van der Waals surface area contributed by atoms with Gasteiger partial charge in [0.25, 0.3) is 5.56 Å². The minimum absolute atomic E-state index is 0.0168. The highest BCUT2D eigenvalue weighted by Gasteiger charge is 2.52. The lowest BCUT2D eigenvalue weighted by atomic mass is 10.1. The zero-order chi connectivity index (χ0) is 42.6.